The smallest absolute Gasteiger partial charge is 0.335 e. The van der Waals surface area contributed by atoms with Gasteiger partial charge in [-0.25, -0.2) is 4.79 Å². The number of rotatable bonds is 7. The van der Waals surface area contributed by atoms with Gasteiger partial charge in [-0.05, 0) is 54.1 Å². The zero-order chi connectivity index (χ0) is 21.5. The molecule has 3 aromatic carbocycles. The van der Waals surface area contributed by atoms with Gasteiger partial charge in [0.15, 0.2) is 0 Å². The van der Waals surface area contributed by atoms with Gasteiger partial charge in [0.1, 0.15) is 11.8 Å². The normalized spacial score (nSPS) is 11.0. The zero-order valence-corrected chi connectivity index (χ0v) is 18.9. The molecule has 0 aromatic heterocycles. The van der Waals surface area contributed by atoms with Crippen LogP contribution in [0.1, 0.15) is 26.3 Å². The molecule has 0 saturated heterocycles. The van der Waals surface area contributed by atoms with Gasteiger partial charge in [0.05, 0.1) is 5.56 Å². The summed E-state index contributed by atoms with van der Waals surface area (Å²) in [4.78, 5) is 36.4. The summed E-state index contributed by atoms with van der Waals surface area (Å²) in [6.07, 6.45) is 0.206. The number of benzene rings is 3. The van der Waals surface area contributed by atoms with Gasteiger partial charge in [0.2, 0.25) is 5.91 Å². The van der Waals surface area contributed by atoms with Crippen molar-refractivity contribution in [2.45, 2.75) is 12.5 Å². The first-order chi connectivity index (χ1) is 14.4. The fraction of sp³-hybridized carbons (Fsp3) is 0.0870. The summed E-state index contributed by atoms with van der Waals surface area (Å²) in [7, 11) is 0. The van der Waals surface area contributed by atoms with E-state index < -0.39 is 23.8 Å². The third-order valence-electron chi connectivity index (χ3n) is 4.43. The van der Waals surface area contributed by atoms with E-state index in [9.17, 15) is 19.5 Å². The number of aromatic carboxylic acids is 1. The van der Waals surface area contributed by atoms with E-state index in [-0.39, 0.29) is 47.3 Å². The maximum absolute atomic E-state index is 12.9. The molecular weight excluding hydrogens is 407 g/mol. The van der Waals surface area contributed by atoms with Crippen LogP contribution in [0.4, 0.5) is 5.69 Å². The van der Waals surface area contributed by atoms with E-state index in [1.807, 2.05) is 0 Å². The summed E-state index contributed by atoms with van der Waals surface area (Å²) < 4.78 is 0. The van der Waals surface area contributed by atoms with Gasteiger partial charge in [0, 0.05) is 47.2 Å². The van der Waals surface area contributed by atoms with E-state index in [1.54, 1.807) is 42.5 Å². The van der Waals surface area contributed by atoms with Crippen LogP contribution in [-0.4, -0.2) is 63.6 Å². The molecule has 0 aliphatic carbocycles. The molecule has 31 heavy (non-hydrogen) atoms. The monoisotopic (exact) mass is 427 g/mol. The molecule has 8 heteroatoms. The maximum atomic E-state index is 12.9. The molecule has 0 saturated carbocycles. The van der Waals surface area contributed by atoms with Crippen molar-refractivity contribution in [1.29, 1.82) is 0 Å². The van der Waals surface area contributed by atoms with Crippen LogP contribution in [0.15, 0.2) is 78.9 Å². The van der Waals surface area contributed by atoms with Crippen molar-refractivity contribution < 1.29 is 24.6 Å². The van der Waals surface area contributed by atoms with E-state index in [2.05, 4.69) is 10.6 Å². The Labute approximate surface area is 201 Å². The third kappa shape index (κ3) is 6.96. The van der Waals surface area contributed by atoms with Crippen molar-refractivity contribution in [3.63, 3.8) is 0 Å². The number of phenols is 1. The number of carboxylic acid groups (broad SMARTS) is 1. The van der Waals surface area contributed by atoms with Gasteiger partial charge in [0.25, 0.3) is 5.91 Å². The molecule has 1 radical (unpaired) electrons. The molecule has 0 spiro atoms. The van der Waals surface area contributed by atoms with E-state index in [1.165, 1.54) is 36.4 Å². The van der Waals surface area contributed by atoms with Crippen molar-refractivity contribution in [2.75, 3.05) is 5.32 Å². The summed E-state index contributed by atoms with van der Waals surface area (Å²) in [5.74, 6) is -1.80. The topological polar surface area (TPSA) is 116 Å². The fourth-order valence-electron chi connectivity index (χ4n) is 2.83. The molecule has 2 amide bonds. The largest absolute Gasteiger partial charge is 0.508 e. The number of nitrogens with one attached hydrogen (secondary N) is 2. The molecule has 0 fully saturated rings. The Morgan fingerprint density at radius 1 is 0.806 bits per heavy atom. The van der Waals surface area contributed by atoms with Crippen LogP contribution in [-0.2, 0) is 11.2 Å². The minimum absolute atomic E-state index is 0. The van der Waals surface area contributed by atoms with Gasteiger partial charge >= 0.3 is 5.97 Å². The first kappa shape index (κ1) is 24.1. The quantitative estimate of drug-likeness (QED) is 0.433. The molecule has 0 unspecified atom stereocenters. The average molecular weight is 427 g/mol. The van der Waals surface area contributed by atoms with Gasteiger partial charge in [-0.3, -0.25) is 9.59 Å². The average Bonchev–Trinajstić information content (AvgIpc) is 2.75. The number of hydrogen-bond acceptors (Lipinski definition) is 4. The van der Waals surface area contributed by atoms with Crippen molar-refractivity contribution in [3.8, 4) is 5.75 Å². The molecule has 0 aliphatic rings. The molecule has 0 heterocycles. The Bertz CT molecular complexity index is 1040. The second-order valence-corrected chi connectivity index (χ2v) is 6.63. The number of phenolic OH excluding ortho intramolecular Hbond substituents is 1. The fourth-order valence-corrected chi connectivity index (χ4v) is 2.83. The molecule has 4 N–H and O–H groups in total. The number of carbonyl (C=O) groups is 3. The van der Waals surface area contributed by atoms with E-state index in [0.29, 0.717) is 11.3 Å². The summed E-state index contributed by atoms with van der Waals surface area (Å²) in [5.41, 5.74) is 1.69. The summed E-state index contributed by atoms with van der Waals surface area (Å²) in [6.45, 7) is 0. The summed E-state index contributed by atoms with van der Waals surface area (Å²) in [5, 5.41) is 23.9. The zero-order valence-electron chi connectivity index (χ0n) is 16.9. The standard InChI is InChI=1S/C23H20N2O5.Na/c26-19-12-6-15(7-13-19)14-20(25-21(27)16-4-2-1-3-5-16)22(28)24-18-10-8-17(9-11-18)23(29)30;/h1-13,20,26H,14H2,(H,24,28)(H,25,27)(H,29,30);/t20-;/m0./s1. The van der Waals surface area contributed by atoms with Crippen LogP contribution >= 0.6 is 0 Å². The van der Waals surface area contributed by atoms with E-state index in [4.69, 9.17) is 5.11 Å². The predicted molar refractivity (Wildman–Crippen MR) is 117 cm³/mol. The van der Waals surface area contributed by atoms with Crippen molar-refractivity contribution in [3.05, 3.63) is 95.6 Å². The number of amides is 2. The minimum atomic E-state index is -1.06. The molecule has 0 aliphatic heterocycles. The molecule has 3 rings (SSSR count). The van der Waals surface area contributed by atoms with Gasteiger partial charge in [-0.15, -0.1) is 0 Å². The molecule has 1 atom stereocenters. The first-order valence-corrected chi connectivity index (χ1v) is 9.20. The Morgan fingerprint density at radius 3 is 2.00 bits per heavy atom. The van der Waals surface area contributed by atoms with Crippen LogP contribution in [0, 0.1) is 0 Å². The van der Waals surface area contributed by atoms with Crippen LogP contribution in [0.25, 0.3) is 0 Å². The predicted octanol–water partition coefficient (Wildman–Crippen LogP) is 2.69. The van der Waals surface area contributed by atoms with Crippen LogP contribution in [0.2, 0.25) is 0 Å². The SMILES string of the molecule is O=C(O)c1ccc(NC(=O)[C@H](Cc2ccc(O)cc2)NC(=O)c2ccccc2)cc1.[Na]. The number of hydrogen-bond donors (Lipinski definition) is 4. The van der Waals surface area contributed by atoms with Crippen LogP contribution in [0.3, 0.4) is 0 Å². The maximum Gasteiger partial charge on any atom is 0.335 e. The number of carbonyl (C=O) groups excluding carboxylic acids is 2. The Kier molecular flexibility index (Phi) is 8.81. The van der Waals surface area contributed by atoms with E-state index in [0.717, 1.165) is 5.56 Å². The summed E-state index contributed by atoms with van der Waals surface area (Å²) >= 11 is 0. The van der Waals surface area contributed by atoms with Crippen molar-refractivity contribution in [2.24, 2.45) is 0 Å². The van der Waals surface area contributed by atoms with Crippen molar-refractivity contribution >= 4 is 53.0 Å². The second kappa shape index (κ2) is 11.3. The third-order valence-corrected chi connectivity index (χ3v) is 4.43. The Hall–Kier alpha value is -3.13. The van der Waals surface area contributed by atoms with Crippen LogP contribution < -0.4 is 10.6 Å². The molecule has 153 valence electrons. The molecule has 3 aromatic rings. The van der Waals surface area contributed by atoms with Crippen molar-refractivity contribution in [1.82, 2.24) is 5.32 Å². The number of anilines is 1. The van der Waals surface area contributed by atoms with Gasteiger partial charge in [-0.1, -0.05) is 30.3 Å². The minimum Gasteiger partial charge on any atom is -0.508 e. The summed E-state index contributed by atoms with van der Waals surface area (Å²) in [6, 6.07) is 19.8. The number of aromatic hydroxyl groups is 1. The second-order valence-electron chi connectivity index (χ2n) is 6.63. The Morgan fingerprint density at radius 2 is 1.42 bits per heavy atom. The molecule has 7 nitrogen and oxygen atoms in total. The van der Waals surface area contributed by atoms with Gasteiger partial charge in [-0.2, -0.15) is 0 Å². The molecular formula is C23H20N2NaO5. The van der Waals surface area contributed by atoms with Crippen LogP contribution in [0.5, 0.6) is 5.75 Å². The number of carboxylic acids is 1. The first-order valence-electron chi connectivity index (χ1n) is 9.20. The van der Waals surface area contributed by atoms with E-state index >= 15 is 0 Å². The molecule has 0 bridgehead atoms. The Balaban J connectivity index is 0.00000341. The van der Waals surface area contributed by atoms with Gasteiger partial charge < -0.3 is 20.8 Å².